The zero-order valence-electron chi connectivity index (χ0n) is 22.9. The van der Waals surface area contributed by atoms with Crippen molar-refractivity contribution in [1.29, 1.82) is 0 Å². The Hall–Kier alpha value is -3.90. The van der Waals surface area contributed by atoms with Gasteiger partial charge < -0.3 is 14.7 Å². The van der Waals surface area contributed by atoms with Crippen molar-refractivity contribution in [2.45, 2.75) is 48.9 Å². The maximum Gasteiger partial charge on any atom is 0.338 e. The van der Waals surface area contributed by atoms with Crippen LogP contribution in [0.2, 0.25) is 0 Å². The van der Waals surface area contributed by atoms with Crippen molar-refractivity contribution in [2.75, 3.05) is 24.6 Å². The van der Waals surface area contributed by atoms with E-state index < -0.39 is 34.9 Å². The van der Waals surface area contributed by atoms with E-state index in [2.05, 4.69) is 0 Å². The van der Waals surface area contributed by atoms with Crippen LogP contribution in [0.25, 0.3) is 0 Å². The molecule has 3 aromatic rings. The minimum Gasteiger partial charge on any atom is -0.508 e. The number of phenols is 1. The first-order valence-electron chi connectivity index (χ1n) is 13.9. The molecular weight excluding hydrogens is 578 g/mol. The minimum absolute atomic E-state index is 0.0478. The van der Waals surface area contributed by atoms with E-state index in [0.29, 0.717) is 39.8 Å². The average molecular weight is 608 g/mol. The number of anilines is 1. The van der Waals surface area contributed by atoms with Crippen LogP contribution in [0, 0.1) is 5.92 Å². The molecule has 3 aliphatic heterocycles. The lowest BCUT2D eigenvalue weighted by Crippen LogP contribution is -2.39. The molecule has 2 fully saturated rings. The summed E-state index contributed by atoms with van der Waals surface area (Å²) in [5.41, 5.74) is 1.04. The van der Waals surface area contributed by atoms with Gasteiger partial charge in [-0.05, 0) is 56.5 Å². The highest BCUT2D eigenvalue weighted by atomic mass is 32.2. The molecule has 218 valence electrons. The van der Waals surface area contributed by atoms with E-state index in [1.165, 1.54) is 34.9 Å². The number of thioether (sulfide) groups is 1. The summed E-state index contributed by atoms with van der Waals surface area (Å²) >= 11 is 2.08. The maximum absolute atomic E-state index is 14.0. The number of fused-ring (bicyclic) bond motifs is 2. The molecule has 1 N–H and O–H groups in total. The Balaban J connectivity index is 1.40. The number of carbonyl (C=O) groups is 4. The Morgan fingerprint density at radius 2 is 1.69 bits per heavy atom. The van der Waals surface area contributed by atoms with Crippen molar-refractivity contribution in [3.63, 3.8) is 0 Å². The number of ether oxygens (including phenoxy) is 1. The molecule has 3 aliphatic rings. The van der Waals surface area contributed by atoms with Gasteiger partial charge in [0.15, 0.2) is 0 Å². The van der Waals surface area contributed by atoms with Crippen LogP contribution in [0.4, 0.5) is 5.69 Å². The lowest BCUT2D eigenvalue weighted by molar-refractivity contribution is -0.133. The molecule has 2 saturated heterocycles. The van der Waals surface area contributed by atoms with E-state index in [-0.39, 0.29) is 29.7 Å². The Kier molecular flexibility index (Phi) is 7.67. The Bertz CT molecular complexity index is 1620. The van der Waals surface area contributed by atoms with Crippen molar-refractivity contribution < 1.29 is 29.0 Å². The van der Waals surface area contributed by atoms with E-state index in [1.54, 1.807) is 30.0 Å². The third kappa shape index (κ3) is 4.82. The molecule has 0 aliphatic carbocycles. The number of esters is 1. The van der Waals surface area contributed by atoms with Crippen LogP contribution in [0.1, 0.15) is 52.9 Å². The SMILES string of the molecule is CCOC(=O)c1ccc(N2C(=O)[C@@H]3[C@H](c4ccccc4O)c4sc(=O)n(CC(=O)N5CCCCC5)c4S[C@@H]3C2=O)cc1. The second-order valence-corrected chi connectivity index (χ2v) is 12.6. The lowest BCUT2D eigenvalue weighted by Gasteiger charge is -2.31. The Morgan fingerprint density at radius 3 is 2.38 bits per heavy atom. The molecule has 0 radical (unpaired) electrons. The van der Waals surface area contributed by atoms with Gasteiger partial charge in [-0.1, -0.05) is 41.3 Å². The van der Waals surface area contributed by atoms with Gasteiger partial charge in [-0.15, -0.1) is 0 Å². The van der Waals surface area contributed by atoms with E-state index in [4.69, 9.17) is 4.74 Å². The van der Waals surface area contributed by atoms with Crippen LogP contribution in [-0.4, -0.2) is 63.2 Å². The number of imide groups is 1. The molecule has 0 unspecified atom stereocenters. The van der Waals surface area contributed by atoms with Gasteiger partial charge in [0.2, 0.25) is 17.7 Å². The summed E-state index contributed by atoms with van der Waals surface area (Å²) in [6, 6.07) is 12.7. The Labute approximate surface area is 249 Å². The first-order chi connectivity index (χ1) is 20.3. The van der Waals surface area contributed by atoms with Gasteiger partial charge in [-0.25, -0.2) is 9.69 Å². The normalized spacial score (nSPS) is 21.7. The van der Waals surface area contributed by atoms with Crippen LogP contribution in [0.3, 0.4) is 0 Å². The van der Waals surface area contributed by atoms with E-state index >= 15 is 0 Å². The summed E-state index contributed by atoms with van der Waals surface area (Å²) in [5, 5.41) is 10.5. The second-order valence-electron chi connectivity index (χ2n) is 10.4. The summed E-state index contributed by atoms with van der Waals surface area (Å²) in [6.07, 6.45) is 2.91. The maximum atomic E-state index is 14.0. The monoisotopic (exact) mass is 607 g/mol. The fourth-order valence-corrected chi connectivity index (χ4v) is 8.70. The quantitative estimate of drug-likeness (QED) is 0.333. The van der Waals surface area contributed by atoms with Gasteiger partial charge in [-0.2, -0.15) is 0 Å². The highest BCUT2D eigenvalue weighted by Gasteiger charge is 2.57. The number of likely N-dealkylation sites (tertiary alicyclic amines) is 1. The number of carbonyl (C=O) groups excluding carboxylic acids is 4. The largest absolute Gasteiger partial charge is 0.508 e. The number of rotatable bonds is 6. The zero-order chi connectivity index (χ0) is 29.5. The van der Waals surface area contributed by atoms with Gasteiger partial charge in [0.1, 0.15) is 17.5 Å². The van der Waals surface area contributed by atoms with E-state index in [1.807, 2.05) is 0 Å². The third-order valence-corrected chi connectivity index (χ3v) is 10.6. The number of nitrogens with zero attached hydrogens (tertiary/aromatic N) is 3. The molecule has 10 nitrogen and oxygen atoms in total. The molecule has 4 heterocycles. The predicted octanol–water partition coefficient (Wildman–Crippen LogP) is 3.60. The topological polar surface area (TPSA) is 126 Å². The van der Waals surface area contributed by atoms with Crippen molar-refractivity contribution in [1.82, 2.24) is 9.47 Å². The van der Waals surface area contributed by atoms with Gasteiger partial charge in [0.25, 0.3) is 0 Å². The smallest absolute Gasteiger partial charge is 0.338 e. The van der Waals surface area contributed by atoms with Crippen LogP contribution in [0.15, 0.2) is 58.4 Å². The first-order valence-corrected chi connectivity index (χ1v) is 15.6. The number of phenolic OH excluding ortho intramolecular Hbond substituents is 1. The molecule has 0 bridgehead atoms. The first kappa shape index (κ1) is 28.2. The fourth-order valence-electron chi connectivity index (χ4n) is 5.94. The van der Waals surface area contributed by atoms with Gasteiger partial charge in [0, 0.05) is 29.4 Å². The number of piperidine rings is 1. The van der Waals surface area contributed by atoms with Crippen molar-refractivity contribution in [2.24, 2.45) is 5.92 Å². The van der Waals surface area contributed by atoms with Gasteiger partial charge in [-0.3, -0.25) is 23.7 Å². The summed E-state index contributed by atoms with van der Waals surface area (Å²) in [4.78, 5) is 69.6. The molecule has 3 amide bonds. The average Bonchev–Trinajstić information content (AvgIpc) is 3.44. The standard InChI is InChI=1S/C30H29N3O7S2/c1-2-40-29(38)17-10-12-18(13-11-17)33-26(36)23-22(19-8-4-5-9-20(19)34)25-28(41-24(23)27(33)37)32(30(39)42-25)16-21(35)31-14-6-3-7-15-31/h4-5,8-13,22-24,34H,2-3,6-7,14-16H2,1H3/t22-,23+,24-/m0/s1. The minimum atomic E-state index is -0.891. The van der Waals surface area contributed by atoms with Crippen molar-refractivity contribution >= 4 is 52.5 Å². The third-order valence-electron chi connectivity index (χ3n) is 7.96. The van der Waals surface area contributed by atoms with Crippen LogP contribution in [-0.2, 0) is 25.7 Å². The highest BCUT2D eigenvalue weighted by molar-refractivity contribution is 8.00. The molecule has 1 aromatic heterocycles. The van der Waals surface area contributed by atoms with Crippen molar-refractivity contribution in [3.8, 4) is 5.75 Å². The summed E-state index contributed by atoms with van der Waals surface area (Å²) < 4.78 is 6.45. The molecule has 0 spiro atoms. The summed E-state index contributed by atoms with van der Waals surface area (Å²) in [5.74, 6) is -3.29. The molecular formula is C30H29N3O7S2. The van der Waals surface area contributed by atoms with E-state index in [0.717, 1.165) is 47.3 Å². The number of amides is 3. The van der Waals surface area contributed by atoms with Gasteiger partial charge in [0.05, 0.1) is 28.8 Å². The molecule has 2 aromatic carbocycles. The van der Waals surface area contributed by atoms with Crippen molar-refractivity contribution in [3.05, 3.63) is 74.2 Å². The molecule has 3 atom stereocenters. The molecule has 12 heteroatoms. The number of aromatic nitrogens is 1. The molecule has 6 rings (SSSR count). The second kappa shape index (κ2) is 11.4. The lowest BCUT2D eigenvalue weighted by atomic mass is 9.82. The van der Waals surface area contributed by atoms with E-state index in [9.17, 15) is 29.1 Å². The van der Waals surface area contributed by atoms with Crippen LogP contribution < -0.4 is 9.77 Å². The molecule has 0 saturated carbocycles. The number of hydrogen-bond acceptors (Lipinski definition) is 9. The number of thiazole rings is 1. The number of para-hydroxylation sites is 1. The fraction of sp³-hybridized carbons (Fsp3) is 0.367. The zero-order valence-corrected chi connectivity index (χ0v) is 24.5. The predicted molar refractivity (Wildman–Crippen MR) is 157 cm³/mol. The number of benzene rings is 2. The summed E-state index contributed by atoms with van der Waals surface area (Å²) in [6.45, 7) is 3.07. The highest BCUT2D eigenvalue weighted by Crippen LogP contribution is 2.55. The summed E-state index contributed by atoms with van der Waals surface area (Å²) in [7, 11) is 0. The van der Waals surface area contributed by atoms with Crippen LogP contribution in [0.5, 0.6) is 5.75 Å². The Morgan fingerprint density at radius 1 is 0.976 bits per heavy atom. The number of aromatic hydroxyl groups is 1. The molecule has 42 heavy (non-hydrogen) atoms. The van der Waals surface area contributed by atoms with Crippen LogP contribution >= 0.6 is 23.1 Å². The number of hydrogen-bond donors (Lipinski definition) is 1. The van der Waals surface area contributed by atoms with Gasteiger partial charge >= 0.3 is 10.8 Å².